The summed E-state index contributed by atoms with van der Waals surface area (Å²) in [5.74, 6) is 1.19. The molecule has 1 rings (SSSR count). The molecule has 0 aromatic carbocycles. The molecule has 2 N–H and O–H groups in total. The van der Waals surface area contributed by atoms with Crippen LogP contribution < -0.4 is 5.73 Å². The second-order valence-corrected chi connectivity index (χ2v) is 6.16. The van der Waals surface area contributed by atoms with Crippen LogP contribution >= 0.6 is 0 Å². The summed E-state index contributed by atoms with van der Waals surface area (Å²) in [6, 6.07) is 0. The zero-order valence-corrected chi connectivity index (χ0v) is 16.4. The fourth-order valence-corrected chi connectivity index (χ4v) is 2.25. The van der Waals surface area contributed by atoms with Crippen molar-refractivity contribution in [1.29, 1.82) is 0 Å². The van der Waals surface area contributed by atoms with E-state index in [0.29, 0.717) is 13.2 Å². The molecular formula is C22H29NO4. The average Bonchev–Trinajstić information content (AvgIpc) is 2.67. The van der Waals surface area contributed by atoms with Crippen molar-refractivity contribution < 1.29 is 19.1 Å². The van der Waals surface area contributed by atoms with Crippen molar-refractivity contribution >= 4 is 11.6 Å². The van der Waals surface area contributed by atoms with Gasteiger partial charge in [0.1, 0.15) is 0 Å². The molecule has 0 aliphatic heterocycles. The van der Waals surface area contributed by atoms with Crippen LogP contribution in [0.15, 0.2) is 71.3 Å². The zero-order valence-electron chi connectivity index (χ0n) is 16.4. The van der Waals surface area contributed by atoms with E-state index in [1.54, 1.807) is 19.3 Å². The maximum absolute atomic E-state index is 11.9. The van der Waals surface area contributed by atoms with Crippen molar-refractivity contribution in [3.8, 4) is 0 Å². The lowest BCUT2D eigenvalue weighted by Crippen LogP contribution is -2.07. The fraction of sp³-hybridized carbons (Fsp3) is 0.364. The number of carbonyl (C=O) groups excluding carboxylic acids is 2. The van der Waals surface area contributed by atoms with Crippen molar-refractivity contribution in [2.45, 2.75) is 33.1 Å². The topological polar surface area (TPSA) is 78.6 Å². The van der Waals surface area contributed by atoms with Crippen LogP contribution in [0.3, 0.4) is 0 Å². The van der Waals surface area contributed by atoms with E-state index in [2.05, 4.69) is 0 Å². The summed E-state index contributed by atoms with van der Waals surface area (Å²) in [6.45, 7) is 4.64. The molecule has 0 saturated heterocycles. The van der Waals surface area contributed by atoms with E-state index in [4.69, 9.17) is 15.2 Å². The number of carbonyl (C=O) groups is 2. The maximum atomic E-state index is 11.9. The largest absolute Gasteiger partial charge is 0.501 e. The molecule has 0 amide bonds. The van der Waals surface area contributed by atoms with Crippen molar-refractivity contribution in [3.05, 3.63) is 71.3 Å². The van der Waals surface area contributed by atoms with Crippen molar-refractivity contribution in [1.82, 2.24) is 0 Å². The molecule has 5 nitrogen and oxygen atoms in total. The molecular weight excluding hydrogens is 342 g/mol. The average molecular weight is 371 g/mol. The molecule has 0 saturated carbocycles. The number of allylic oxidation sites excluding steroid dienone is 12. The molecule has 1 aliphatic rings. The molecule has 0 spiro atoms. The first-order chi connectivity index (χ1) is 12.9. The van der Waals surface area contributed by atoms with Gasteiger partial charge >= 0.3 is 0 Å². The highest BCUT2D eigenvalue weighted by Gasteiger charge is 2.06. The Labute approximate surface area is 161 Å². The summed E-state index contributed by atoms with van der Waals surface area (Å²) in [5, 5.41) is 0. The predicted molar refractivity (Wildman–Crippen MR) is 108 cm³/mol. The third-order valence-corrected chi connectivity index (χ3v) is 3.73. The molecule has 0 aromatic heterocycles. The number of rotatable bonds is 11. The SMILES string of the molecule is COC1=CC(/C=C/C(=O)CC(=O)/C=C/C(C)=C/C=C(\C)OCCN)=CCC1. The van der Waals surface area contributed by atoms with Gasteiger partial charge in [0, 0.05) is 13.0 Å². The molecule has 27 heavy (non-hydrogen) atoms. The van der Waals surface area contributed by atoms with Crippen LogP contribution in [0.2, 0.25) is 0 Å². The summed E-state index contributed by atoms with van der Waals surface area (Å²) in [4.78, 5) is 23.9. The Hall–Kier alpha value is -2.66. The number of ketones is 2. The highest BCUT2D eigenvalue weighted by molar-refractivity contribution is 6.08. The molecule has 146 valence electrons. The van der Waals surface area contributed by atoms with E-state index >= 15 is 0 Å². The summed E-state index contributed by atoms with van der Waals surface area (Å²) in [5.41, 5.74) is 7.17. The second-order valence-electron chi connectivity index (χ2n) is 6.16. The Balaban J connectivity index is 2.50. The molecule has 0 fully saturated rings. The van der Waals surface area contributed by atoms with Crippen molar-refractivity contribution in [3.63, 3.8) is 0 Å². The molecule has 0 heterocycles. The minimum atomic E-state index is -0.233. The second kappa shape index (κ2) is 12.7. The van der Waals surface area contributed by atoms with E-state index in [-0.39, 0.29) is 18.0 Å². The van der Waals surface area contributed by atoms with Crippen LogP contribution in [0.5, 0.6) is 0 Å². The molecule has 0 unspecified atom stereocenters. The van der Waals surface area contributed by atoms with Gasteiger partial charge in [-0.1, -0.05) is 29.9 Å². The van der Waals surface area contributed by atoms with Gasteiger partial charge in [-0.05, 0) is 50.1 Å². The normalized spacial score (nSPS) is 15.7. The predicted octanol–water partition coefficient (Wildman–Crippen LogP) is 3.70. The lowest BCUT2D eigenvalue weighted by molar-refractivity contribution is -0.121. The van der Waals surface area contributed by atoms with Crippen molar-refractivity contribution in [2.75, 3.05) is 20.3 Å². The minimum absolute atomic E-state index is 0.150. The number of hydrogen-bond donors (Lipinski definition) is 1. The third kappa shape index (κ3) is 10.2. The number of nitrogens with two attached hydrogens (primary N) is 1. The van der Waals surface area contributed by atoms with Gasteiger partial charge in [0.2, 0.25) is 0 Å². The monoisotopic (exact) mass is 371 g/mol. The van der Waals surface area contributed by atoms with Crippen LogP contribution in [0.25, 0.3) is 0 Å². The standard InChI is InChI=1S/C22H29NO4/c1-17(7-9-18(2)27-14-13-23)8-11-20(24)16-21(25)12-10-19-5-4-6-22(15-19)26-3/h5,7-12,15H,4,6,13-14,16,23H2,1-3H3/b11-8+,12-10+,17-7+,18-9+. The highest BCUT2D eigenvalue weighted by atomic mass is 16.5. The smallest absolute Gasteiger partial charge is 0.163 e. The first-order valence-corrected chi connectivity index (χ1v) is 8.99. The molecule has 0 aromatic rings. The van der Waals surface area contributed by atoms with Gasteiger partial charge in [0.05, 0.1) is 31.7 Å². The van der Waals surface area contributed by atoms with E-state index < -0.39 is 0 Å². The Morgan fingerprint density at radius 2 is 1.89 bits per heavy atom. The van der Waals surface area contributed by atoms with E-state index in [1.807, 2.05) is 38.2 Å². The first-order valence-electron chi connectivity index (χ1n) is 8.99. The highest BCUT2D eigenvalue weighted by Crippen LogP contribution is 2.18. The van der Waals surface area contributed by atoms with Gasteiger partial charge in [0.15, 0.2) is 11.6 Å². The third-order valence-electron chi connectivity index (χ3n) is 3.73. The molecule has 0 radical (unpaired) electrons. The van der Waals surface area contributed by atoms with Crippen LogP contribution in [-0.2, 0) is 19.1 Å². The lowest BCUT2D eigenvalue weighted by Gasteiger charge is -2.09. The number of methoxy groups -OCH3 is 1. The molecule has 1 aliphatic carbocycles. The Kier molecular flexibility index (Phi) is 10.5. The van der Waals surface area contributed by atoms with Gasteiger partial charge in [-0.2, -0.15) is 0 Å². The number of ether oxygens (including phenoxy) is 2. The number of hydrogen-bond acceptors (Lipinski definition) is 5. The quantitative estimate of drug-likeness (QED) is 0.259. The molecule has 0 bridgehead atoms. The fourth-order valence-electron chi connectivity index (χ4n) is 2.25. The van der Waals surface area contributed by atoms with E-state index in [0.717, 1.165) is 35.5 Å². The van der Waals surface area contributed by atoms with Gasteiger partial charge in [-0.15, -0.1) is 0 Å². The maximum Gasteiger partial charge on any atom is 0.163 e. The van der Waals surface area contributed by atoms with Crippen LogP contribution in [0.4, 0.5) is 0 Å². The van der Waals surface area contributed by atoms with Gasteiger partial charge in [0.25, 0.3) is 0 Å². The summed E-state index contributed by atoms with van der Waals surface area (Å²) >= 11 is 0. The summed E-state index contributed by atoms with van der Waals surface area (Å²) < 4.78 is 10.6. The van der Waals surface area contributed by atoms with E-state index in [9.17, 15) is 9.59 Å². The zero-order chi connectivity index (χ0) is 20.1. The van der Waals surface area contributed by atoms with Crippen LogP contribution in [0.1, 0.15) is 33.1 Å². The van der Waals surface area contributed by atoms with Crippen LogP contribution in [-0.4, -0.2) is 31.8 Å². The first kappa shape index (κ1) is 22.4. The molecule has 5 heteroatoms. The summed E-state index contributed by atoms with van der Waals surface area (Å²) in [6.07, 6.45) is 15.5. The Morgan fingerprint density at radius 1 is 1.15 bits per heavy atom. The Bertz CT molecular complexity index is 706. The van der Waals surface area contributed by atoms with Crippen molar-refractivity contribution in [2.24, 2.45) is 5.73 Å². The Morgan fingerprint density at radius 3 is 2.59 bits per heavy atom. The summed E-state index contributed by atoms with van der Waals surface area (Å²) in [7, 11) is 1.63. The van der Waals surface area contributed by atoms with E-state index in [1.165, 1.54) is 12.2 Å². The lowest BCUT2D eigenvalue weighted by atomic mass is 10.0. The molecule has 0 atom stereocenters. The van der Waals surface area contributed by atoms with Gasteiger partial charge < -0.3 is 15.2 Å². The van der Waals surface area contributed by atoms with Gasteiger partial charge in [-0.3, -0.25) is 9.59 Å². The van der Waals surface area contributed by atoms with Crippen LogP contribution in [0, 0.1) is 0 Å². The minimum Gasteiger partial charge on any atom is -0.501 e. The van der Waals surface area contributed by atoms with Gasteiger partial charge in [-0.25, -0.2) is 0 Å².